The number of halogens is 1. The lowest BCUT2D eigenvalue weighted by Gasteiger charge is -2.26. The van der Waals surface area contributed by atoms with E-state index in [1.807, 2.05) is 25.1 Å². The SMILES string of the molecule is CCn1c(=O)oc2cc(C(Cl)C3CCCCC3)ccc21. The molecule has 20 heavy (non-hydrogen) atoms. The van der Waals surface area contributed by atoms with Crippen LogP contribution >= 0.6 is 11.6 Å². The summed E-state index contributed by atoms with van der Waals surface area (Å²) in [6, 6.07) is 5.93. The first-order valence-electron chi connectivity index (χ1n) is 7.48. The van der Waals surface area contributed by atoms with Crippen molar-refractivity contribution in [3.8, 4) is 0 Å². The van der Waals surface area contributed by atoms with Crippen LogP contribution in [0.15, 0.2) is 27.4 Å². The number of alkyl halides is 1. The maximum absolute atomic E-state index is 11.7. The highest BCUT2D eigenvalue weighted by atomic mass is 35.5. The molecule has 108 valence electrons. The van der Waals surface area contributed by atoms with Crippen LogP contribution in [0.4, 0.5) is 0 Å². The molecule has 1 atom stereocenters. The Kier molecular flexibility index (Phi) is 3.88. The number of hydrogen-bond acceptors (Lipinski definition) is 2. The van der Waals surface area contributed by atoms with Gasteiger partial charge in [0.25, 0.3) is 0 Å². The molecule has 1 heterocycles. The fraction of sp³-hybridized carbons (Fsp3) is 0.562. The monoisotopic (exact) mass is 293 g/mol. The van der Waals surface area contributed by atoms with Crippen molar-refractivity contribution in [2.75, 3.05) is 0 Å². The van der Waals surface area contributed by atoms with Crippen LogP contribution in [-0.2, 0) is 6.54 Å². The van der Waals surface area contributed by atoms with E-state index >= 15 is 0 Å². The summed E-state index contributed by atoms with van der Waals surface area (Å²) in [5.41, 5.74) is 2.58. The Bertz CT molecular complexity index is 652. The molecule has 0 saturated heterocycles. The minimum Gasteiger partial charge on any atom is -0.408 e. The highest BCUT2D eigenvalue weighted by molar-refractivity contribution is 6.21. The maximum atomic E-state index is 11.7. The van der Waals surface area contributed by atoms with Gasteiger partial charge in [0.2, 0.25) is 0 Å². The number of fused-ring (bicyclic) bond motifs is 1. The molecule has 1 aromatic carbocycles. The molecule has 1 fully saturated rings. The number of aromatic nitrogens is 1. The topological polar surface area (TPSA) is 35.1 Å². The molecule has 1 aromatic heterocycles. The van der Waals surface area contributed by atoms with Gasteiger partial charge in [-0.1, -0.05) is 25.3 Å². The summed E-state index contributed by atoms with van der Waals surface area (Å²) in [6.45, 7) is 2.56. The smallest absolute Gasteiger partial charge is 0.408 e. The summed E-state index contributed by atoms with van der Waals surface area (Å²) in [5, 5.41) is 0.0231. The Hall–Kier alpha value is -1.22. The first kappa shape index (κ1) is 13.7. The minimum atomic E-state index is -0.288. The average Bonchev–Trinajstić information content (AvgIpc) is 2.81. The number of oxazole rings is 1. The van der Waals surface area contributed by atoms with Crippen molar-refractivity contribution < 1.29 is 4.42 Å². The number of hydrogen-bond donors (Lipinski definition) is 0. The third-order valence-electron chi connectivity index (χ3n) is 4.39. The Balaban J connectivity index is 1.94. The van der Waals surface area contributed by atoms with Gasteiger partial charge in [-0.15, -0.1) is 11.6 Å². The number of aryl methyl sites for hydroxylation is 1. The molecule has 1 aliphatic carbocycles. The first-order chi connectivity index (χ1) is 9.70. The lowest BCUT2D eigenvalue weighted by molar-refractivity contribution is 0.348. The third-order valence-corrected chi connectivity index (χ3v) is 5.00. The molecule has 3 rings (SSSR count). The average molecular weight is 294 g/mol. The number of nitrogens with zero attached hydrogens (tertiary/aromatic N) is 1. The predicted molar refractivity (Wildman–Crippen MR) is 81.3 cm³/mol. The van der Waals surface area contributed by atoms with Gasteiger partial charge in [0, 0.05) is 6.54 Å². The number of benzene rings is 1. The van der Waals surface area contributed by atoms with Crippen LogP contribution in [0, 0.1) is 5.92 Å². The molecule has 0 amide bonds. The van der Waals surface area contributed by atoms with Crippen molar-refractivity contribution in [2.45, 2.75) is 50.9 Å². The molecular formula is C16H20ClNO2. The summed E-state index contributed by atoms with van der Waals surface area (Å²) in [5.74, 6) is 0.256. The normalized spacial score (nSPS) is 18.5. The second-order valence-corrected chi connectivity index (χ2v) is 6.11. The third kappa shape index (κ3) is 2.39. The van der Waals surface area contributed by atoms with Crippen LogP contribution in [0.25, 0.3) is 11.1 Å². The summed E-state index contributed by atoms with van der Waals surface area (Å²) >= 11 is 6.64. The van der Waals surface area contributed by atoms with E-state index in [0.29, 0.717) is 18.0 Å². The Morgan fingerprint density at radius 1 is 1.35 bits per heavy atom. The fourth-order valence-electron chi connectivity index (χ4n) is 3.25. The molecule has 0 N–H and O–H groups in total. The second-order valence-electron chi connectivity index (χ2n) is 5.64. The Morgan fingerprint density at radius 2 is 2.10 bits per heavy atom. The zero-order chi connectivity index (χ0) is 14.1. The van der Waals surface area contributed by atoms with Crippen LogP contribution in [-0.4, -0.2) is 4.57 Å². The molecule has 0 spiro atoms. The Labute approximate surface area is 123 Å². The van der Waals surface area contributed by atoms with Crippen LogP contribution < -0.4 is 5.76 Å². The van der Waals surface area contributed by atoms with E-state index in [1.54, 1.807) is 4.57 Å². The second kappa shape index (κ2) is 5.65. The number of rotatable bonds is 3. The predicted octanol–water partition coefficient (Wildman–Crippen LogP) is 4.47. The van der Waals surface area contributed by atoms with Crippen molar-refractivity contribution in [3.05, 3.63) is 34.3 Å². The lowest BCUT2D eigenvalue weighted by Crippen LogP contribution is -2.12. The van der Waals surface area contributed by atoms with Gasteiger partial charge in [0.15, 0.2) is 5.58 Å². The van der Waals surface area contributed by atoms with Crippen LogP contribution in [0.3, 0.4) is 0 Å². The van der Waals surface area contributed by atoms with Gasteiger partial charge in [0.05, 0.1) is 10.9 Å². The molecular weight excluding hydrogens is 274 g/mol. The maximum Gasteiger partial charge on any atom is 0.419 e. The van der Waals surface area contributed by atoms with Gasteiger partial charge < -0.3 is 4.42 Å². The summed E-state index contributed by atoms with van der Waals surface area (Å²) in [7, 11) is 0. The molecule has 0 aliphatic heterocycles. The zero-order valence-corrected chi connectivity index (χ0v) is 12.5. The molecule has 1 saturated carbocycles. The quantitative estimate of drug-likeness (QED) is 0.782. The van der Waals surface area contributed by atoms with Crippen molar-refractivity contribution in [2.24, 2.45) is 5.92 Å². The van der Waals surface area contributed by atoms with Crippen molar-refractivity contribution in [1.29, 1.82) is 0 Å². The van der Waals surface area contributed by atoms with E-state index in [-0.39, 0.29) is 11.1 Å². The summed E-state index contributed by atoms with van der Waals surface area (Å²) < 4.78 is 6.96. The molecule has 3 nitrogen and oxygen atoms in total. The molecule has 4 heteroatoms. The van der Waals surface area contributed by atoms with Gasteiger partial charge in [-0.2, -0.15) is 0 Å². The van der Waals surface area contributed by atoms with E-state index in [0.717, 1.165) is 11.1 Å². The van der Waals surface area contributed by atoms with E-state index in [4.69, 9.17) is 16.0 Å². The van der Waals surface area contributed by atoms with Crippen LogP contribution in [0.1, 0.15) is 50.0 Å². The largest absolute Gasteiger partial charge is 0.419 e. The molecule has 1 unspecified atom stereocenters. The van der Waals surface area contributed by atoms with E-state index in [2.05, 4.69) is 0 Å². The molecule has 1 aliphatic rings. The Morgan fingerprint density at radius 3 is 2.80 bits per heavy atom. The standard InChI is InChI=1S/C16H20ClNO2/c1-2-18-13-9-8-12(10-14(13)20-16(18)19)15(17)11-6-4-3-5-7-11/h8-11,15H,2-7H2,1H3. The van der Waals surface area contributed by atoms with Crippen LogP contribution in [0.2, 0.25) is 0 Å². The summed E-state index contributed by atoms with van der Waals surface area (Å²) in [4.78, 5) is 11.7. The molecule has 2 aromatic rings. The van der Waals surface area contributed by atoms with E-state index in [9.17, 15) is 4.79 Å². The van der Waals surface area contributed by atoms with Crippen molar-refractivity contribution >= 4 is 22.7 Å². The van der Waals surface area contributed by atoms with Crippen molar-refractivity contribution in [3.63, 3.8) is 0 Å². The van der Waals surface area contributed by atoms with Gasteiger partial charge in [-0.3, -0.25) is 4.57 Å². The highest BCUT2D eigenvalue weighted by Gasteiger charge is 2.24. The van der Waals surface area contributed by atoms with Gasteiger partial charge in [0.1, 0.15) is 0 Å². The van der Waals surface area contributed by atoms with E-state index in [1.165, 1.54) is 32.1 Å². The lowest BCUT2D eigenvalue weighted by atomic mass is 9.84. The van der Waals surface area contributed by atoms with Crippen molar-refractivity contribution in [1.82, 2.24) is 4.57 Å². The molecule has 0 radical (unpaired) electrons. The van der Waals surface area contributed by atoms with Gasteiger partial charge >= 0.3 is 5.76 Å². The first-order valence-corrected chi connectivity index (χ1v) is 7.91. The van der Waals surface area contributed by atoms with Gasteiger partial charge in [-0.05, 0) is 43.4 Å². The minimum absolute atomic E-state index is 0.0231. The van der Waals surface area contributed by atoms with Crippen LogP contribution in [0.5, 0.6) is 0 Å². The summed E-state index contributed by atoms with van der Waals surface area (Å²) in [6.07, 6.45) is 6.28. The fourth-order valence-corrected chi connectivity index (χ4v) is 3.64. The van der Waals surface area contributed by atoms with Gasteiger partial charge in [-0.25, -0.2) is 4.79 Å². The highest BCUT2D eigenvalue weighted by Crippen LogP contribution is 2.39. The molecule has 0 bridgehead atoms. The zero-order valence-electron chi connectivity index (χ0n) is 11.8. The van der Waals surface area contributed by atoms with E-state index < -0.39 is 0 Å².